The molecule has 1 heterocycles. The van der Waals surface area contributed by atoms with E-state index in [1.54, 1.807) is 0 Å². The number of hydrogen-bond donors (Lipinski definition) is 0. The fourth-order valence-electron chi connectivity index (χ4n) is 6.99. The average molecular weight is 690 g/mol. The summed E-state index contributed by atoms with van der Waals surface area (Å²) in [6.45, 7) is 0. The van der Waals surface area contributed by atoms with Crippen molar-refractivity contribution in [1.29, 1.82) is 0 Å². The zero-order valence-corrected chi connectivity index (χ0v) is 29.5. The van der Waals surface area contributed by atoms with Crippen LogP contribution in [0.25, 0.3) is 89.8 Å². The zero-order chi connectivity index (χ0) is 36.1. The third kappa shape index (κ3) is 6.87. The van der Waals surface area contributed by atoms with Gasteiger partial charge in [-0.1, -0.05) is 188 Å². The highest BCUT2D eigenvalue weighted by molar-refractivity contribution is 5.88. The first-order valence-electron chi connectivity index (χ1n) is 18.2. The molecule has 3 nitrogen and oxygen atoms in total. The summed E-state index contributed by atoms with van der Waals surface area (Å²) in [4.78, 5) is 15.4. The number of aromatic nitrogens is 3. The molecule has 0 aliphatic rings. The average Bonchev–Trinajstić information content (AvgIpc) is 3.27. The fourth-order valence-corrected chi connectivity index (χ4v) is 6.99. The highest BCUT2D eigenvalue weighted by Gasteiger charge is 2.16. The van der Waals surface area contributed by atoms with Crippen molar-refractivity contribution >= 4 is 0 Å². The van der Waals surface area contributed by atoms with E-state index in [2.05, 4.69) is 200 Å². The molecule has 1 aromatic heterocycles. The van der Waals surface area contributed by atoms with Crippen LogP contribution in [0.15, 0.2) is 212 Å². The summed E-state index contributed by atoms with van der Waals surface area (Å²) in [6.07, 6.45) is 0. The summed E-state index contributed by atoms with van der Waals surface area (Å²) in [5.41, 5.74) is 14.2. The molecule has 54 heavy (non-hydrogen) atoms. The van der Waals surface area contributed by atoms with E-state index in [4.69, 9.17) is 15.0 Å². The van der Waals surface area contributed by atoms with Gasteiger partial charge in [0.2, 0.25) is 0 Å². The van der Waals surface area contributed by atoms with Crippen molar-refractivity contribution in [2.24, 2.45) is 0 Å². The van der Waals surface area contributed by atoms with Gasteiger partial charge in [0.25, 0.3) is 0 Å². The van der Waals surface area contributed by atoms with E-state index in [9.17, 15) is 0 Å². The van der Waals surface area contributed by atoms with Crippen molar-refractivity contribution in [2.75, 3.05) is 0 Å². The number of hydrogen-bond acceptors (Lipinski definition) is 3. The molecule has 0 unspecified atom stereocenters. The van der Waals surface area contributed by atoms with Gasteiger partial charge < -0.3 is 0 Å². The molecular formula is C51H35N3. The summed E-state index contributed by atoms with van der Waals surface area (Å²) < 4.78 is 0. The van der Waals surface area contributed by atoms with Crippen LogP contribution in [-0.4, -0.2) is 15.0 Å². The van der Waals surface area contributed by atoms with E-state index in [1.165, 1.54) is 16.7 Å². The minimum absolute atomic E-state index is 0.620. The first-order chi connectivity index (χ1) is 26.7. The van der Waals surface area contributed by atoms with E-state index in [-0.39, 0.29) is 0 Å². The van der Waals surface area contributed by atoms with Crippen LogP contribution in [0.3, 0.4) is 0 Å². The molecule has 0 amide bonds. The van der Waals surface area contributed by atoms with Crippen LogP contribution in [0.5, 0.6) is 0 Å². The van der Waals surface area contributed by atoms with E-state index in [1.807, 2.05) is 12.1 Å². The Hall–Kier alpha value is -7.23. The molecular weight excluding hydrogens is 655 g/mol. The lowest BCUT2D eigenvalue weighted by Crippen LogP contribution is -2.00. The van der Waals surface area contributed by atoms with Gasteiger partial charge in [0, 0.05) is 16.7 Å². The molecule has 0 aliphatic carbocycles. The second kappa shape index (κ2) is 14.8. The van der Waals surface area contributed by atoms with Gasteiger partial charge in [-0.05, 0) is 79.9 Å². The summed E-state index contributed by atoms with van der Waals surface area (Å²) in [7, 11) is 0. The Morgan fingerprint density at radius 1 is 0.185 bits per heavy atom. The maximum absolute atomic E-state index is 5.16. The Morgan fingerprint density at radius 3 is 0.926 bits per heavy atom. The van der Waals surface area contributed by atoms with Gasteiger partial charge in [0.1, 0.15) is 0 Å². The number of nitrogens with zero attached hydrogens (tertiary/aromatic N) is 3. The molecule has 254 valence electrons. The van der Waals surface area contributed by atoms with Gasteiger partial charge in [-0.15, -0.1) is 0 Å². The van der Waals surface area contributed by atoms with Gasteiger partial charge in [-0.25, -0.2) is 15.0 Å². The maximum Gasteiger partial charge on any atom is 0.164 e. The molecule has 0 atom stereocenters. The summed E-state index contributed by atoms with van der Waals surface area (Å²) in [5, 5.41) is 0. The van der Waals surface area contributed by atoms with E-state index < -0.39 is 0 Å². The van der Waals surface area contributed by atoms with E-state index in [0.717, 1.165) is 55.6 Å². The predicted molar refractivity (Wildman–Crippen MR) is 223 cm³/mol. The van der Waals surface area contributed by atoms with Gasteiger partial charge in [-0.3, -0.25) is 0 Å². The zero-order valence-electron chi connectivity index (χ0n) is 29.5. The molecule has 3 heteroatoms. The smallest absolute Gasteiger partial charge is 0.164 e. The van der Waals surface area contributed by atoms with Gasteiger partial charge in [0.15, 0.2) is 17.5 Å². The Bertz CT molecular complexity index is 2590. The second-order valence-corrected chi connectivity index (χ2v) is 13.3. The van der Waals surface area contributed by atoms with Gasteiger partial charge >= 0.3 is 0 Å². The van der Waals surface area contributed by atoms with Crippen LogP contribution >= 0.6 is 0 Å². The quantitative estimate of drug-likeness (QED) is 0.159. The van der Waals surface area contributed by atoms with Crippen molar-refractivity contribution in [3.63, 3.8) is 0 Å². The molecule has 0 spiro atoms. The van der Waals surface area contributed by atoms with Crippen LogP contribution in [-0.2, 0) is 0 Å². The molecule has 0 bridgehead atoms. The highest BCUT2D eigenvalue weighted by Crippen LogP contribution is 2.38. The third-order valence-electron chi connectivity index (χ3n) is 9.73. The van der Waals surface area contributed by atoms with Crippen LogP contribution in [0.4, 0.5) is 0 Å². The standard InChI is InChI=1S/C51H35N3/c1-5-16-36(17-6-1)40-24-13-27-44(32-40)49-52-50(45-28-14-25-41(33-45)37-18-7-2-8-19-37)54-51(53-49)46-29-15-26-43(34-46)47-31-30-42(38-20-9-3-10-21-38)35-48(47)39-22-11-4-12-23-39/h1-35H. The number of benzene rings is 8. The molecule has 0 N–H and O–H groups in total. The first kappa shape index (κ1) is 32.7. The molecule has 8 aromatic carbocycles. The minimum Gasteiger partial charge on any atom is -0.208 e. The second-order valence-electron chi connectivity index (χ2n) is 13.3. The number of rotatable bonds is 8. The van der Waals surface area contributed by atoms with Gasteiger partial charge in [-0.2, -0.15) is 0 Å². The Balaban J connectivity index is 1.19. The predicted octanol–water partition coefficient (Wildman–Crippen LogP) is 13.2. The normalized spacial score (nSPS) is 11.0. The van der Waals surface area contributed by atoms with Crippen LogP contribution in [0, 0.1) is 0 Å². The van der Waals surface area contributed by atoms with Crippen molar-refractivity contribution in [2.45, 2.75) is 0 Å². The summed E-state index contributed by atoms with van der Waals surface area (Å²) in [5.74, 6) is 1.87. The lowest BCUT2D eigenvalue weighted by atomic mass is 9.90. The molecule has 0 saturated carbocycles. The molecule has 9 rings (SSSR count). The molecule has 9 aromatic rings. The highest BCUT2D eigenvalue weighted by atomic mass is 15.0. The molecule has 0 radical (unpaired) electrons. The first-order valence-corrected chi connectivity index (χ1v) is 18.2. The Kier molecular flexibility index (Phi) is 8.94. The monoisotopic (exact) mass is 689 g/mol. The lowest BCUT2D eigenvalue weighted by molar-refractivity contribution is 1.07. The SMILES string of the molecule is c1ccc(-c2cccc(-c3nc(-c4cccc(-c5ccccc5)c4)nc(-c4cccc(-c5ccc(-c6ccccc6)cc5-c5ccccc5)c4)n3)c2)cc1. The summed E-state index contributed by atoms with van der Waals surface area (Å²) in [6, 6.07) is 74.1. The largest absolute Gasteiger partial charge is 0.208 e. The lowest BCUT2D eigenvalue weighted by Gasteiger charge is -2.14. The minimum atomic E-state index is 0.620. The van der Waals surface area contributed by atoms with Crippen molar-refractivity contribution < 1.29 is 0 Å². The van der Waals surface area contributed by atoms with Crippen LogP contribution < -0.4 is 0 Å². The van der Waals surface area contributed by atoms with Crippen molar-refractivity contribution in [3.05, 3.63) is 212 Å². The maximum atomic E-state index is 5.16. The van der Waals surface area contributed by atoms with Crippen LogP contribution in [0.2, 0.25) is 0 Å². The third-order valence-corrected chi connectivity index (χ3v) is 9.73. The van der Waals surface area contributed by atoms with Crippen molar-refractivity contribution in [3.8, 4) is 89.8 Å². The van der Waals surface area contributed by atoms with Gasteiger partial charge in [0.05, 0.1) is 0 Å². The van der Waals surface area contributed by atoms with Crippen molar-refractivity contribution in [1.82, 2.24) is 15.0 Å². The summed E-state index contributed by atoms with van der Waals surface area (Å²) >= 11 is 0. The topological polar surface area (TPSA) is 38.7 Å². The molecule has 0 aliphatic heterocycles. The van der Waals surface area contributed by atoms with E-state index >= 15 is 0 Å². The fraction of sp³-hybridized carbons (Fsp3) is 0. The van der Waals surface area contributed by atoms with E-state index in [0.29, 0.717) is 17.5 Å². The Labute approximate surface area is 316 Å². The Morgan fingerprint density at radius 2 is 0.500 bits per heavy atom. The van der Waals surface area contributed by atoms with Crippen LogP contribution in [0.1, 0.15) is 0 Å². The molecule has 0 fully saturated rings. The molecule has 0 saturated heterocycles.